The maximum atomic E-state index is 12.7. The number of carbonyl (C=O) groups excluding carboxylic acids is 1. The first kappa shape index (κ1) is 15.9. The maximum Gasteiger partial charge on any atom is 0.322 e. The predicted molar refractivity (Wildman–Crippen MR) is 88.8 cm³/mol. The average Bonchev–Trinajstić information content (AvgIpc) is 2.49. The van der Waals surface area contributed by atoms with E-state index >= 15 is 0 Å². The van der Waals surface area contributed by atoms with Crippen molar-refractivity contribution in [3.8, 4) is 0 Å². The van der Waals surface area contributed by atoms with Crippen molar-refractivity contribution in [2.45, 2.75) is 59.4 Å². The van der Waals surface area contributed by atoms with Gasteiger partial charge in [-0.1, -0.05) is 39.0 Å². The summed E-state index contributed by atoms with van der Waals surface area (Å²) in [5.74, 6) is 0.513. The number of likely N-dealkylation sites (tertiary alicyclic amines) is 1. The molecule has 1 fully saturated rings. The van der Waals surface area contributed by atoms with Crippen molar-refractivity contribution < 1.29 is 4.79 Å². The Balaban J connectivity index is 2.17. The quantitative estimate of drug-likeness (QED) is 0.866. The Kier molecular flexibility index (Phi) is 5.27. The summed E-state index contributed by atoms with van der Waals surface area (Å²) < 4.78 is 0. The van der Waals surface area contributed by atoms with E-state index in [1.54, 1.807) is 0 Å². The summed E-state index contributed by atoms with van der Waals surface area (Å²) in [6, 6.07) is 6.65. The van der Waals surface area contributed by atoms with Gasteiger partial charge in [-0.3, -0.25) is 0 Å². The lowest BCUT2D eigenvalue weighted by atomic mass is 9.93. The Morgan fingerprint density at radius 2 is 2.14 bits per heavy atom. The summed E-state index contributed by atoms with van der Waals surface area (Å²) in [7, 11) is 0. The van der Waals surface area contributed by atoms with Crippen molar-refractivity contribution in [3.63, 3.8) is 0 Å². The molecule has 0 bridgehead atoms. The molecule has 2 rings (SSSR count). The number of benzene rings is 1. The van der Waals surface area contributed by atoms with Crippen LogP contribution in [0.5, 0.6) is 0 Å². The highest BCUT2D eigenvalue weighted by Crippen LogP contribution is 2.26. The normalized spacial score (nSPS) is 18.9. The first-order valence-corrected chi connectivity index (χ1v) is 8.20. The van der Waals surface area contributed by atoms with E-state index in [2.05, 4.69) is 51.2 Å². The Labute approximate surface area is 128 Å². The Morgan fingerprint density at radius 1 is 1.38 bits per heavy atom. The molecule has 1 atom stereocenters. The topological polar surface area (TPSA) is 32.3 Å². The van der Waals surface area contributed by atoms with E-state index in [9.17, 15) is 4.79 Å². The van der Waals surface area contributed by atoms with E-state index in [-0.39, 0.29) is 6.03 Å². The number of anilines is 1. The molecular formula is C18H28N2O. The van der Waals surface area contributed by atoms with Gasteiger partial charge in [-0.2, -0.15) is 0 Å². The lowest BCUT2D eigenvalue weighted by molar-refractivity contribution is 0.138. The summed E-state index contributed by atoms with van der Waals surface area (Å²) in [4.78, 5) is 14.8. The van der Waals surface area contributed by atoms with Crippen LogP contribution < -0.4 is 5.32 Å². The van der Waals surface area contributed by atoms with Gasteiger partial charge in [-0.25, -0.2) is 4.79 Å². The molecule has 116 valence electrons. The van der Waals surface area contributed by atoms with Crippen LogP contribution in [0, 0.1) is 12.8 Å². The van der Waals surface area contributed by atoms with Gasteiger partial charge < -0.3 is 10.2 Å². The van der Waals surface area contributed by atoms with Crippen molar-refractivity contribution in [3.05, 3.63) is 29.3 Å². The molecule has 1 aliphatic rings. The minimum atomic E-state index is 0.0670. The highest BCUT2D eigenvalue weighted by Gasteiger charge is 2.29. The Hall–Kier alpha value is -1.51. The van der Waals surface area contributed by atoms with Crippen molar-refractivity contribution in [2.75, 3.05) is 11.9 Å². The van der Waals surface area contributed by atoms with Crippen LogP contribution in [0.2, 0.25) is 0 Å². The van der Waals surface area contributed by atoms with Crippen LogP contribution in [0.4, 0.5) is 10.5 Å². The zero-order valence-electron chi connectivity index (χ0n) is 13.8. The number of nitrogens with zero attached hydrogens (tertiary/aromatic N) is 1. The fraction of sp³-hybridized carbons (Fsp3) is 0.611. The molecule has 1 heterocycles. The first-order valence-electron chi connectivity index (χ1n) is 8.20. The summed E-state index contributed by atoms with van der Waals surface area (Å²) in [5.41, 5.74) is 3.35. The number of hydrogen-bond acceptors (Lipinski definition) is 1. The smallest absolute Gasteiger partial charge is 0.321 e. The van der Waals surface area contributed by atoms with E-state index in [4.69, 9.17) is 0 Å². The molecule has 0 radical (unpaired) electrons. The third kappa shape index (κ3) is 3.58. The summed E-state index contributed by atoms with van der Waals surface area (Å²) in [5, 5.41) is 3.17. The fourth-order valence-corrected chi connectivity index (χ4v) is 3.28. The maximum absolute atomic E-state index is 12.7. The molecule has 0 aliphatic carbocycles. The molecular weight excluding hydrogens is 260 g/mol. The van der Waals surface area contributed by atoms with Gasteiger partial charge >= 0.3 is 6.03 Å². The molecule has 1 aromatic carbocycles. The zero-order chi connectivity index (χ0) is 15.4. The number of carbonyl (C=O) groups is 1. The van der Waals surface area contributed by atoms with Crippen LogP contribution in [-0.4, -0.2) is 23.5 Å². The lowest BCUT2D eigenvalue weighted by Gasteiger charge is -2.38. The van der Waals surface area contributed by atoms with Crippen molar-refractivity contribution in [1.29, 1.82) is 0 Å². The second-order valence-corrected chi connectivity index (χ2v) is 6.39. The molecule has 0 spiro atoms. The molecule has 0 unspecified atom stereocenters. The van der Waals surface area contributed by atoms with Crippen molar-refractivity contribution >= 4 is 11.7 Å². The predicted octanol–water partition coefficient (Wildman–Crippen LogP) is 4.60. The number of amides is 2. The molecule has 1 saturated heterocycles. The summed E-state index contributed by atoms with van der Waals surface area (Å²) in [6.07, 6.45) is 4.41. The van der Waals surface area contributed by atoms with E-state index in [1.165, 1.54) is 12.0 Å². The fourth-order valence-electron chi connectivity index (χ4n) is 3.28. The molecule has 1 N–H and O–H groups in total. The highest BCUT2D eigenvalue weighted by molar-refractivity contribution is 5.91. The lowest BCUT2D eigenvalue weighted by Crippen LogP contribution is -2.48. The van der Waals surface area contributed by atoms with Gasteiger partial charge in [0, 0.05) is 18.3 Å². The third-order valence-electron chi connectivity index (χ3n) is 4.55. The standard InChI is InChI=1S/C18H28N2O/c1-5-15-10-8-9-14(4)17(15)19-18(21)20-12-7-6-11-16(20)13(2)3/h8-10,13,16H,5-7,11-12H2,1-4H3,(H,19,21)/t16-/m1/s1. The monoisotopic (exact) mass is 288 g/mol. The number of nitrogens with one attached hydrogen (secondary N) is 1. The van der Waals surface area contributed by atoms with Crippen molar-refractivity contribution in [1.82, 2.24) is 4.90 Å². The van der Waals surface area contributed by atoms with E-state index in [0.29, 0.717) is 12.0 Å². The molecule has 1 aromatic rings. The second-order valence-electron chi connectivity index (χ2n) is 6.39. The zero-order valence-corrected chi connectivity index (χ0v) is 13.8. The number of hydrogen-bond donors (Lipinski definition) is 1. The van der Waals surface area contributed by atoms with E-state index in [0.717, 1.165) is 37.1 Å². The minimum Gasteiger partial charge on any atom is -0.321 e. The molecule has 0 saturated carbocycles. The molecule has 2 amide bonds. The SMILES string of the molecule is CCc1cccc(C)c1NC(=O)N1CCCC[C@@H]1C(C)C. The Bertz CT molecular complexity index is 496. The van der Waals surface area contributed by atoms with E-state index in [1.807, 2.05) is 4.90 Å². The van der Waals surface area contributed by atoms with Crippen LogP contribution >= 0.6 is 0 Å². The van der Waals surface area contributed by atoms with Gasteiger partial charge in [0.15, 0.2) is 0 Å². The highest BCUT2D eigenvalue weighted by atomic mass is 16.2. The van der Waals surface area contributed by atoms with E-state index < -0.39 is 0 Å². The number of aryl methyl sites for hydroxylation is 2. The van der Waals surface area contributed by atoms with Gasteiger partial charge in [0.25, 0.3) is 0 Å². The third-order valence-corrected chi connectivity index (χ3v) is 4.55. The van der Waals surface area contributed by atoms with Gasteiger partial charge in [0.1, 0.15) is 0 Å². The van der Waals surface area contributed by atoms with Crippen molar-refractivity contribution in [2.24, 2.45) is 5.92 Å². The van der Waals surface area contributed by atoms with Gasteiger partial charge in [0.05, 0.1) is 0 Å². The Morgan fingerprint density at radius 3 is 2.81 bits per heavy atom. The first-order chi connectivity index (χ1) is 10.0. The van der Waals surface area contributed by atoms with Gasteiger partial charge in [-0.05, 0) is 49.7 Å². The minimum absolute atomic E-state index is 0.0670. The number of para-hydroxylation sites is 1. The molecule has 21 heavy (non-hydrogen) atoms. The molecule has 3 nitrogen and oxygen atoms in total. The average molecular weight is 288 g/mol. The second kappa shape index (κ2) is 6.97. The largest absolute Gasteiger partial charge is 0.322 e. The molecule has 0 aromatic heterocycles. The molecule has 3 heteroatoms. The number of rotatable bonds is 3. The van der Waals surface area contributed by atoms with Crippen LogP contribution in [0.25, 0.3) is 0 Å². The van der Waals surface area contributed by atoms with Crippen LogP contribution in [0.1, 0.15) is 51.2 Å². The molecule has 1 aliphatic heterocycles. The van der Waals surface area contributed by atoms with Crippen LogP contribution in [-0.2, 0) is 6.42 Å². The van der Waals surface area contributed by atoms with Crippen LogP contribution in [0.3, 0.4) is 0 Å². The van der Waals surface area contributed by atoms with Crippen LogP contribution in [0.15, 0.2) is 18.2 Å². The van der Waals surface area contributed by atoms with Gasteiger partial charge in [-0.15, -0.1) is 0 Å². The summed E-state index contributed by atoms with van der Waals surface area (Å²) >= 11 is 0. The summed E-state index contributed by atoms with van der Waals surface area (Å²) in [6.45, 7) is 9.48. The number of piperidine rings is 1. The van der Waals surface area contributed by atoms with Gasteiger partial charge in [0.2, 0.25) is 0 Å². The number of urea groups is 1.